The van der Waals surface area contributed by atoms with E-state index in [0.717, 1.165) is 11.7 Å². The lowest BCUT2D eigenvalue weighted by Gasteiger charge is -2.19. The molecule has 0 spiro atoms. The van der Waals surface area contributed by atoms with Crippen LogP contribution in [0.15, 0.2) is 18.2 Å². The van der Waals surface area contributed by atoms with E-state index < -0.39 is 0 Å². The number of anilines is 1. The monoisotopic (exact) mass is 240 g/mol. The highest BCUT2D eigenvalue weighted by Gasteiger charge is 2.26. The van der Waals surface area contributed by atoms with Gasteiger partial charge in [-0.3, -0.25) is 0 Å². The quantitative estimate of drug-likeness (QED) is 0.822. The topological polar surface area (TPSA) is 34.1 Å². The fourth-order valence-electron chi connectivity index (χ4n) is 2.21. The van der Waals surface area contributed by atoms with Crippen LogP contribution >= 0.6 is 11.6 Å². The molecule has 1 heterocycles. The van der Waals surface area contributed by atoms with Gasteiger partial charge in [-0.1, -0.05) is 12.5 Å². The summed E-state index contributed by atoms with van der Waals surface area (Å²) in [5.41, 5.74) is 0. The number of nitrogens with zero attached hydrogens (tertiary/aromatic N) is 1. The van der Waals surface area contributed by atoms with Crippen molar-refractivity contribution < 1.29 is 4.74 Å². The van der Waals surface area contributed by atoms with Gasteiger partial charge in [0.1, 0.15) is 5.82 Å². The molecule has 0 aliphatic heterocycles. The number of pyridine rings is 1. The summed E-state index contributed by atoms with van der Waals surface area (Å²) in [5.74, 6) is 2.81. The van der Waals surface area contributed by atoms with Gasteiger partial charge in [0.2, 0.25) is 5.88 Å². The van der Waals surface area contributed by atoms with Crippen molar-refractivity contribution in [2.24, 2.45) is 5.92 Å². The van der Waals surface area contributed by atoms with E-state index in [0.29, 0.717) is 17.8 Å². The molecule has 16 heavy (non-hydrogen) atoms. The molecular formula is C12H17ClN2O. The maximum Gasteiger partial charge on any atom is 0.214 e. The fraction of sp³-hybridized carbons (Fsp3) is 0.583. The normalized spacial score (nSPS) is 24.4. The van der Waals surface area contributed by atoms with Crippen LogP contribution in [0.4, 0.5) is 5.82 Å². The van der Waals surface area contributed by atoms with Gasteiger partial charge in [0, 0.05) is 18.0 Å². The molecule has 1 fully saturated rings. The molecule has 0 amide bonds. The summed E-state index contributed by atoms with van der Waals surface area (Å²) >= 11 is 5.94. The Morgan fingerprint density at radius 2 is 2.38 bits per heavy atom. The first-order valence-electron chi connectivity index (χ1n) is 5.67. The van der Waals surface area contributed by atoms with Crippen LogP contribution in [-0.2, 0) is 0 Å². The molecule has 0 bridgehead atoms. The molecule has 2 rings (SSSR count). The summed E-state index contributed by atoms with van der Waals surface area (Å²) in [5, 5.41) is 3.44. The second kappa shape index (κ2) is 5.39. The second-order valence-electron chi connectivity index (χ2n) is 4.16. The smallest absolute Gasteiger partial charge is 0.214 e. The van der Waals surface area contributed by atoms with Gasteiger partial charge in [-0.15, -0.1) is 11.6 Å². The number of rotatable bonds is 4. The molecule has 0 aromatic carbocycles. The number of nitrogens with one attached hydrogen (secondary N) is 1. The minimum absolute atomic E-state index is 0.456. The van der Waals surface area contributed by atoms with Gasteiger partial charge in [-0.05, 0) is 24.8 Å². The van der Waals surface area contributed by atoms with E-state index in [1.807, 2.05) is 18.2 Å². The van der Waals surface area contributed by atoms with Crippen LogP contribution in [0, 0.1) is 5.92 Å². The molecule has 1 aliphatic carbocycles. The number of aromatic nitrogens is 1. The van der Waals surface area contributed by atoms with Gasteiger partial charge in [-0.2, -0.15) is 4.98 Å². The first kappa shape index (κ1) is 11.5. The average Bonchev–Trinajstić information content (AvgIpc) is 2.76. The highest BCUT2D eigenvalue weighted by Crippen LogP contribution is 2.29. The maximum atomic E-state index is 5.94. The number of halogens is 1. The highest BCUT2D eigenvalue weighted by atomic mass is 35.5. The Balaban J connectivity index is 2.02. The number of alkyl halides is 1. The Bertz CT molecular complexity index is 346. The van der Waals surface area contributed by atoms with Crippen LogP contribution < -0.4 is 10.1 Å². The van der Waals surface area contributed by atoms with Crippen LogP contribution in [0.3, 0.4) is 0 Å². The minimum atomic E-state index is 0.456. The number of hydrogen-bond donors (Lipinski definition) is 1. The molecule has 4 heteroatoms. The van der Waals surface area contributed by atoms with E-state index in [-0.39, 0.29) is 0 Å². The van der Waals surface area contributed by atoms with Crippen molar-refractivity contribution in [2.75, 3.05) is 18.3 Å². The molecule has 1 saturated carbocycles. The standard InChI is InChI=1S/C12H17ClN2O/c1-16-12-7-3-6-11(15-12)14-10-5-2-4-9(10)8-13/h3,6-7,9-10H,2,4-5,8H2,1H3,(H,14,15). The summed E-state index contributed by atoms with van der Waals surface area (Å²) in [4.78, 5) is 4.35. The van der Waals surface area contributed by atoms with Crippen molar-refractivity contribution in [3.05, 3.63) is 18.2 Å². The Kier molecular flexibility index (Phi) is 3.88. The Morgan fingerprint density at radius 3 is 3.12 bits per heavy atom. The first-order chi connectivity index (χ1) is 7.83. The van der Waals surface area contributed by atoms with E-state index in [1.165, 1.54) is 19.3 Å². The van der Waals surface area contributed by atoms with Crippen LogP contribution in [0.25, 0.3) is 0 Å². The number of methoxy groups -OCH3 is 1. The third-order valence-electron chi connectivity index (χ3n) is 3.12. The predicted octanol–water partition coefficient (Wildman–Crippen LogP) is 2.91. The first-order valence-corrected chi connectivity index (χ1v) is 6.20. The zero-order chi connectivity index (χ0) is 11.4. The molecular weight excluding hydrogens is 224 g/mol. The predicted molar refractivity (Wildman–Crippen MR) is 66.3 cm³/mol. The van der Waals surface area contributed by atoms with E-state index >= 15 is 0 Å². The van der Waals surface area contributed by atoms with Crippen LogP contribution in [0.5, 0.6) is 5.88 Å². The number of ether oxygens (including phenoxy) is 1. The zero-order valence-electron chi connectivity index (χ0n) is 9.45. The molecule has 2 unspecified atom stereocenters. The van der Waals surface area contributed by atoms with E-state index in [9.17, 15) is 0 Å². The average molecular weight is 241 g/mol. The lowest BCUT2D eigenvalue weighted by molar-refractivity contribution is 0.398. The summed E-state index contributed by atoms with van der Waals surface area (Å²) in [6.45, 7) is 0. The van der Waals surface area contributed by atoms with E-state index in [4.69, 9.17) is 16.3 Å². The Labute approximate surface area is 101 Å². The molecule has 1 aromatic heterocycles. The molecule has 2 atom stereocenters. The summed E-state index contributed by atoms with van der Waals surface area (Å²) in [6.07, 6.45) is 3.64. The Morgan fingerprint density at radius 1 is 1.50 bits per heavy atom. The van der Waals surface area contributed by atoms with Crippen molar-refractivity contribution in [2.45, 2.75) is 25.3 Å². The summed E-state index contributed by atoms with van der Waals surface area (Å²) in [6, 6.07) is 6.21. The molecule has 88 valence electrons. The molecule has 3 nitrogen and oxygen atoms in total. The largest absolute Gasteiger partial charge is 0.481 e. The maximum absolute atomic E-state index is 5.94. The summed E-state index contributed by atoms with van der Waals surface area (Å²) in [7, 11) is 1.63. The van der Waals surface area contributed by atoms with Gasteiger partial charge >= 0.3 is 0 Å². The van der Waals surface area contributed by atoms with Crippen molar-refractivity contribution in [3.8, 4) is 5.88 Å². The van der Waals surface area contributed by atoms with Gasteiger partial charge < -0.3 is 10.1 Å². The van der Waals surface area contributed by atoms with Crippen molar-refractivity contribution in [3.63, 3.8) is 0 Å². The lowest BCUT2D eigenvalue weighted by Crippen LogP contribution is -2.25. The highest BCUT2D eigenvalue weighted by molar-refractivity contribution is 6.18. The molecule has 0 saturated heterocycles. The molecule has 0 radical (unpaired) electrons. The minimum Gasteiger partial charge on any atom is -0.481 e. The van der Waals surface area contributed by atoms with Crippen molar-refractivity contribution in [1.82, 2.24) is 4.98 Å². The Hall–Kier alpha value is -0.960. The van der Waals surface area contributed by atoms with Crippen LogP contribution in [0.1, 0.15) is 19.3 Å². The van der Waals surface area contributed by atoms with E-state index in [2.05, 4.69) is 10.3 Å². The lowest BCUT2D eigenvalue weighted by atomic mass is 10.1. The third-order valence-corrected chi connectivity index (χ3v) is 3.52. The van der Waals surface area contributed by atoms with Crippen LogP contribution in [-0.4, -0.2) is 24.0 Å². The van der Waals surface area contributed by atoms with Crippen LogP contribution in [0.2, 0.25) is 0 Å². The second-order valence-corrected chi connectivity index (χ2v) is 4.47. The van der Waals surface area contributed by atoms with Gasteiger partial charge in [-0.25, -0.2) is 0 Å². The van der Waals surface area contributed by atoms with Gasteiger partial charge in [0.05, 0.1) is 7.11 Å². The molecule has 1 N–H and O–H groups in total. The zero-order valence-corrected chi connectivity index (χ0v) is 10.2. The fourth-order valence-corrected chi connectivity index (χ4v) is 2.58. The van der Waals surface area contributed by atoms with Crippen molar-refractivity contribution in [1.29, 1.82) is 0 Å². The molecule has 1 aromatic rings. The van der Waals surface area contributed by atoms with E-state index in [1.54, 1.807) is 7.11 Å². The SMILES string of the molecule is COc1cccc(NC2CCCC2CCl)n1. The molecule has 1 aliphatic rings. The van der Waals surface area contributed by atoms with Gasteiger partial charge in [0.25, 0.3) is 0 Å². The summed E-state index contributed by atoms with van der Waals surface area (Å²) < 4.78 is 5.10. The van der Waals surface area contributed by atoms with Crippen molar-refractivity contribution >= 4 is 17.4 Å². The third kappa shape index (κ3) is 2.59. The van der Waals surface area contributed by atoms with Gasteiger partial charge in [0.15, 0.2) is 0 Å². The number of hydrogen-bond acceptors (Lipinski definition) is 3.